The molecule has 2 aliphatic rings. The summed E-state index contributed by atoms with van der Waals surface area (Å²) in [4.78, 5) is 115. The van der Waals surface area contributed by atoms with Gasteiger partial charge in [0.2, 0.25) is 35.3 Å². The van der Waals surface area contributed by atoms with Crippen molar-refractivity contribution in [3.05, 3.63) is 199 Å². The third-order valence-electron chi connectivity index (χ3n) is 21.3. The van der Waals surface area contributed by atoms with Crippen molar-refractivity contribution in [2.45, 2.75) is 224 Å². The zero-order valence-corrected chi connectivity index (χ0v) is 66.1. The summed E-state index contributed by atoms with van der Waals surface area (Å²) in [5.74, 6) is -4.52. The highest BCUT2D eigenvalue weighted by Crippen LogP contribution is 2.48. The predicted molar refractivity (Wildman–Crippen MR) is 427 cm³/mol. The van der Waals surface area contributed by atoms with Crippen LogP contribution in [0.3, 0.4) is 0 Å². The number of imide groups is 2. The molecular formula is C88H108N8O12. The first-order valence-corrected chi connectivity index (χ1v) is 38.1. The number of aromatic nitrogens is 2. The van der Waals surface area contributed by atoms with Crippen molar-refractivity contribution in [1.29, 1.82) is 0 Å². The van der Waals surface area contributed by atoms with Gasteiger partial charge in [0, 0.05) is 79.0 Å². The minimum Gasteiger partial charge on any atom is -0.494 e. The first-order valence-electron chi connectivity index (χ1n) is 38.1. The molecule has 0 fully saturated rings. The Bertz CT molecular complexity index is 4740. The monoisotopic (exact) mass is 1470 g/mol. The van der Waals surface area contributed by atoms with Gasteiger partial charge in [-0.05, 0) is 188 Å². The van der Waals surface area contributed by atoms with Crippen molar-refractivity contribution < 1.29 is 58.8 Å². The van der Waals surface area contributed by atoms with E-state index >= 15 is 0 Å². The lowest BCUT2D eigenvalue weighted by atomic mass is 9.86. The Kier molecular flexibility index (Phi) is 25.3. The molecular weight excluding hydrogens is 1360 g/mol. The second kappa shape index (κ2) is 33.6. The van der Waals surface area contributed by atoms with E-state index in [4.69, 9.17) is 0 Å². The summed E-state index contributed by atoms with van der Waals surface area (Å²) in [6.07, 6.45) is 12.4. The molecule has 0 saturated heterocycles. The number of anilines is 4. The molecule has 2 aliphatic heterocycles. The Balaban J connectivity index is 0.918. The number of amides is 8. The van der Waals surface area contributed by atoms with Crippen LogP contribution in [-0.2, 0) is 41.6 Å². The second-order valence-electron chi connectivity index (χ2n) is 30.3. The number of carbonyl (C=O) groups is 8. The van der Waals surface area contributed by atoms with Crippen LogP contribution in [0.4, 0.5) is 22.7 Å². The van der Waals surface area contributed by atoms with Crippen LogP contribution in [0.15, 0.2) is 121 Å². The lowest BCUT2D eigenvalue weighted by Gasteiger charge is -2.41. The average Bonchev–Trinajstić information content (AvgIpc) is 1.57. The van der Waals surface area contributed by atoms with Crippen LogP contribution in [0.25, 0.3) is 11.4 Å². The van der Waals surface area contributed by atoms with Gasteiger partial charge in [0.05, 0.1) is 28.3 Å². The number of rotatable bonds is 31. The molecule has 0 radical (unpaired) electrons. The van der Waals surface area contributed by atoms with Gasteiger partial charge in [-0.25, -0.2) is 18.9 Å². The molecule has 2 atom stereocenters. The highest BCUT2D eigenvalue weighted by Gasteiger charge is 2.41. The van der Waals surface area contributed by atoms with E-state index in [9.17, 15) is 58.8 Å². The predicted octanol–water partition coefficient (Wildman–Crippen LogP) is 16.7. The third-order valence-corrected chi connectivity index (χ3v) is 21.3. The van der Waals surface area contributed by atoms with Crippen molar-refractivity contribution in [3.63, 3.8) is 0 Å². The summed E-state index contributed by atoms with van der Waals surface area (Å²) in [7, 11) is 0. The second-order valence-corrected chi connectivity index (χ2v) is 30.3. The van der Waals surface area contributed by atoms with Crippen molar-refractivity contribution >= 4 is 70.0 Å². The molecule has 6 N–H and O–H groups in total. The van der Waals surface area contributed by atoms with Gasteiger partial charge in [0.1, 0.15) is 11.4 Å². The molecule has 9 rings (SSSR count). The molecule has 0 aliphatic carbocycles. The van der Waals surface area contributed by atoms with Gasteiger partial charge in [-0.15, -0.1) is 0 Å². The van der Waals surface area contributed by atoms with Gasteiger partial charge in [-0.3, -0.25) is 43.3 Å². The number of aromatic hydroxyl groups is 4. The molecule has 0 spiro atoms. The Morgan fingerprint density at radius 2 is 0.889 bits per heavy atom. The number of nitrogens with one attached hydrogen (secondary N) is 2. The fourth-order valence-electron chi connectivity index (χ4n) is 15.9. The maximum absolute atomic E-state index is 14.6. The maximum Gasteiger partial charge on any atom is 0.258 e. The molecule has 0 saturated carbocycles. The number of hydrogen-bond donors (Lipinski definition) is 6. The van der Waals surface area contributed by atoms with Gasteiger partial charge in [-0.2, -0.15) is 0 Å². The number of aryl methyl sites for hydroxylation is 4. The number of allylic oxidation sites excluding steroid dienone is 1. The normalized spacial score (nSPS) is 14.2. The van der Waals surface area contributed by atoms with Gasteiger partial charge in [-0.1, -0.05) is 163 Å². The van der Waals surface area contributed by atoms with Crippen molar-refractivity contribution in [1.82, 2.24) is 19.8 Å². The first-order chi connectivity index (χ1) is 51.1. The molecule has 4 heterocycles. The zero-order valence-electron chi connectivity index (χ0n) is 66.1. The minimum atomic E-state index is -1.13. The highest BCUT2D eigenvalue weighted by molar-refractivity contribution is 6.29. The van der Waals surface area contributed by atoms with E-state index in [1.807, 2.05) is 159 Å². The minimum absolute atomic E-state index is 0.00185. The summed E-state index contributed by atoms with van der Waals surface area (Å²) in [5, 5.41) is 55.1. The fraction of sp³-hybridized carbons (Fsp3) is 0.409. The molecule has 20 heteroatoms. The van der Waals surface area contributed by atoms with E-state index in [-0.39, 0.29) is 144 Å². The van der Waals surface area contributed by atoms with E-state index in [1.165, 1.54) is 71.2 Å². The summed E-state index contributed by atoms with van der Waals surface area (Å²) < 4.78 is 2.76. The number of carbonyl (C=O) groups excluding carboxylic acids is 8. The maximum atomic E-state index is 14.6. The summed E-state index contributed by atoms with van der Waals surface area (Å²) in [6, 6.07) is 25.4. The summed E-state index contributed by atoms with van der Waals surface area (Å²) >= 11 is 0. The highest BCUT2D eigenvalue weighted by atomic mass is 16.3. The van der Waals surface area contributed by atoms with Crippen LogP contribution in [-0.4, -0.2) is 101 Å². The lowest BCUT2D eigenvalue weighted by Crippen LogP contribution is -2.52. The Hall–Kier alpha value is -10.8. The van der Waals surface area contributed by atoms with Crippen molar-refractivity contribution in [2.24, 2.45) is 0 Å². The van der Waals surface area contributed by atoms with Gasteiger partial charge >= 0.3 is 0 Å². The van der Waals surface area contributed by atoms with E-state index in [2.05, 4.69) is 22.8 Å². The fourth-order valence-corrected chi connectivity index (χ4v) is 15.9. The average molecular weight is 1470 g/mol. The SMILES string of the molecule is CC=CC(CC)(CCNC(=O)c1cccc(C(=O)NC(CC)(CCC)CCN(C(=O)CC)c2cc(O)n(-c3c(C)cc(Cc4cc(C)c(N5C(=O)C=CC5=O)c(C(C)C)c4)cc3C(C)C)c2O)c1)N(C(=O)CC)c1cc(O)n(-c2c(C)cc(Cc3cc(C)c(N4C(=O)C=CC4=O)c(C(C)C)c3)cc2C(C)C)c1O. The topological polar surface area (TPSA) is 264 Å². The van der Waals surface area contributed by atoms with E-state index in [0.29, 0.717) is 61.3 Å². The molecule has 8 amide bonds. The Labute approximate surface area is 635 Å². The Morgan fingerprint density at radius 1 is 0.491 bits per heavy atom. The molecule has 572 valence electrons. The molecule has 7 aromatic rings. The Morgan fingerprint density at radius 3 is 1.28 bits per heavy atom. The van der Waals surface area contributed by atoms with E-state index < -0.39 is 22.9 Å². The zero-order chi connectivity index (χ0) is 79.3. The van der Waals surface area contributed by atoms with Crippen molar-refractivity contribution in [2.75, 3.05) is 32.7 Å². The largest absolute Gasteiger partial charge is 0.494 e. The van der Waals surface area contributed by atoms with Gasteiger partial charge < -0.3 is 36.0 Å². The van der Waals surface area contributed by atoms with Crippen LogP contribution in [0.2, 0.25) is 0 Å². The van der Waals surface area contributed by atoms with Crippen LogP contribution in [0.5, 0.6) is 23.5 Å². The van der Waals surface area contributed by atoms with Crippen LogP contribution < -0.4 is 30.2 Å². The number of nitrogens with zero attached hydrogens (tertiary/aromatic N) is 6. The molecule has 2 unspecified atom stereocenters. The van der Waals surface area contributed by atoms with Crippen LogP contribution >= 0.6 is 0 Å². The van der Waals surface area contributed by atoms with Gasteiger partial charge in [0.15, 0.2) is 0 Å². The third kappa shape index (κ3) is 16.4. The van der Waals surface area contributed by atoms with E-state index in [0.717, 1.165) is 66.8 Å². The van der Waals surface area contributed by atoms with Crippen LogP contribution in [0, 0.1) is 27.7 Å². The molecule has 0 bridgehead atoms. The number of benzene rings is 5. The molecule has 5 aromatic carbocycles. The van der Waals surface area contributed by atoms with Crippen LogP contribution in [0.1, 0.15) is 259 Å². The first kappa shape index (κ1) is 81.3. The molecule has 2 aromatic heterocycles. The molecule has 20 nitrogen and oxygen atoms in total. The summed E-state index contributed by atoms with van der Waals surface area (Å²) in [5.41, 5.74) is 11.3. The van der Waals surface area contributed by atoms with E-state index in [1.54, 1.807) is 32.0 Å². The molecule has 108 heavy (non-hydrogen) atoms. The quantitative estimate of drug-likeness (QED) is 0.0175. The van der Waals surface area contributed by atoms with Gasteiger partial charge in [0.25, 0.3) is 35.4 Å². The standard InChI is InChI=1S/C88H108N8O12/c1-19-32-87(23-5,35-37-91(71(97)21-3)69-49-77(103)94(85(69)107)81-57(17)40-61(46-67(81)53(11)12)42-59-38-55(15)79(65(44-59)51(7)8)92-73(99)28-29-74(92)100)90-84(106)64-27-25-26-63(48-64)83(105)89-36-34-88(24-6,33-20-2)96(72(98)22-4)70-50-78(104)95(86(70)108)82-58(18)41-62(47-68(82)54(13)14)43-60-39-56(16)80(66(45-60)52(9)10)93-75(101)30-31-76(93)102/h20,25-31,33,38-41,44-54,103-104,107-108H,19,21-24,32,34-37,42-43H2,1-18H3,(H,89,105)(H,90,106). The summed E-state index contributed by atoms with van der Waals surface area (Å²) in [6.45, 7) is 35.1. The smallest absolute Gasteiger partial charge is 0.258 e. The van der Waals surface area contributed by atoms with Crippen molar-refractivity contribution in [3.8, 4) is 34.9 Å². The number of hydrogen-bond acceptors (Lipinski definition) is 12. The lowest BCUT2D eigenvalue weighted by molar-refractivity contribution is -0.121.